The average Bonchev–Trinajstić information content (AvgIpc) is 2.84. The minimum absolute atomic E-state index is 0.595. The van der Waals surface area contributed by atoms with Crippen molar-refractivity contribution in [1.29, 1.82) is 0 Å². The number of nitrogens with zero attached hydrogens (tertiary/aromatic N) is 2. The molecule has 19 heavy (non-hydrogen) atoms. The highest BCUT2D eigenvalue weighted by atomic mass is 15.4. The maximum atomic E-state index is 4.65. The van der Waals surface area contributed by atoms with Gasteiger partial charge in [-0.15, -0.1) is 0 Å². The van der Waals surface area contributed by atoms with Crippen LogP contribution in [0.15, 0.2) is 12.3 Å². The molecule has 1 aliphatic heterocycles. The van der Waals surface area contributed by atoms with Gasteiger partial charge < -0.3 is 5.32 Å². The molecule has 4 aliphatic carbocycles. The van der Waals surface area contributed by atoms with E-state index in [-0.39, 0.29) is 0 Å². The minimum atomic E-state index is 0.595. The lowest BCUT2D eigenvalue weighted by Gasteiger charge is -2.60. The summed E-state index contributed by atoms with van der Waals surface area (Å²) in [5.74, 6) is 4.38. The summed E-state index contributed by atoms with van der Waals surface area (Å²) in [7, 11) is 0. The summed E-state index contributed by atoms with van der Waals surface area (Å²) in [5, 5.41) is 8.15. The number of aromatic nitrogens is 2. The van der Waals surface area contributed by atoms with E-state index in [2.05, 4.69) is 21.2 Å². The molecule has 2 heterocycles. The monoisotopic (exact) mass is 257 g/mol. The standard InChI is InChI=1S/C16H23N3/c1-3-17-15-2-4-18-19(15)14(1)16-8-11-5-12(9-16)7-13(6-11)10-16/h2,4,11-14,17H,1,3,5-10H2. The summed E-state index contributed by atoms with van der Waals surface area (Å²) < 4.78 is 2.33. The lowest BCUT2D eigenvalue weighted by Crippen LogP contribution is -2.51. The maximum Gasteiger partial charge on any atom is 0.124 e. The Morgan fingerprint density at radius 1 is 1.11 bits per heavy atom. The Bertz CT molecular complexity index is 469. The van der Waals surface area contributed by atoms with Crippen molar-refractivity contribution in [3.8, 4) is 0 Å². The number of anilines is 1. The van der Waals surface area contributed by atoms with Gasteiger partial charge in [0.1, 0.15) is 5.82 Å². The largest absolute Gasteiger partial charge is 0.370 e. The van der Waals surface area contributed by atoms with E-state index >= 15 is 0 Å². The quantitative estimate of drug-likeness (QED) is 0.835. The molecule has 5 aliphatic rings. The van der Waals surface area contributed by atoms with Crippen molar-refractivity contribution >= 4 is 5.82 Å². The van der Waals surface area contributed by atoms with E-state index in [0.717, 1.165) is 24.3 Å². The van der Waals surface area contributed by atoms with Crippen molar-refractivity contribution in [1.82, 2.24) is 9.78 Å². The highest BCUT2D eigenvalue weighted by Gasteiger charge is 2.55. The summed E-state index contributed by atoms with van der Waals surface area (Å²) >= 11 is 0. The van der Waals surface area contributed by atoms with Crippen molar-refractivity contribution in [2.24, 2.45) is 23.2 Å². The molecule has 1 aromatic rings. The number of nitrogens with one attached hydrogen (secondary N) is 1. The van der Waals surface area contributed by atoms with E-state index in [1.165, 1.54) is 50.8 Å². The van der Waals surface area contributed by atoms with E-state index in [1.54, 1.807) is 0 Å². The first-order chi connectivity index (χ1) is 9.32. The lowest BCUT2D eigenvalue weighted by atomic mass is 9.47. The maximum absolute atomic E-state index is 4.65. The molecule has 4 bridgehead atoms. The second-order valence-corrected chi connectivity index (χ2v) is 7.67. The Labute approximate surface area is 114 Å². The van der Waals surface area contributed by atoms with Gasteiger partial charge in [0, 0.05) is 12.6 Å². The zero-order chi connectivity index (χ0) is 12.4. The molecule has 4 fully saturated rings. The van der Waals surface area contributed by atoms with Crippen LogP contribution in [0.25, 0.3) is 0 Å². The number of fused-ring (bicyclic) bond motifs is 1. The van der Waals surface area contributed by atoms with Gasteiger partial charge in [0.2, 0.25) is 0 Å². The normalized spacial score (nSPS) is 46.9. The first kappa shape index (κ1) is 10.8. The van der Waals surface area contributed by atoms with E-state index in [1.807, 2.05) is 6.20 Å². The highest BCUT2D eigenvalue weighted by molar-refractivity contribution is 5.36. The summed E-state index contributed by atoms with van der Waals surface area (Å²) in [6, 6.07) is 2.82. The van der Waals surface area contributed by atoms with Crippen molar-refractivity contribution in [3.63, 3.8) is 0 Å². The summed E-state index contributed by atoms with van der Waals surface area (Å²) in [6.45, 7) is 1.14. The van der Waals surface area contributed by atoms with Crippen molar-refractivity contribution < 1.29 is 0 Å². The molecule has 4 saturated carbocycles. The van der Waals surface area contributed by atoms with Gasteiger partial charge >= 0.3 is 0 Å². The van der Waals surface area contributed by atoms with Crippen LogP contribution in [-0.2, 0) is 0 Å². The Morgan fingerprint density at radius 2 is 1.79 bits per heavy atom. The van der Waals surface area contributed by atoms with Gasteiger partial charge in [-0.3, -0.25) is 0 Å². The minimum Gasteiger partial charge on any atom is -0.370 e. The fraction of sp³-hybridized carbons (Fsp3) is 0.812. The van der Waals surface area contributed by atoms with Gasteiger partial charge in [0.15, 0.2) is 0 Å². The second kappa shape index (κ2) is 3.56. The predicted octanol–water partition coefficient (Wildman–Crippen LogP) is 3.46. The fourth-order valence-corrected chi connectivity index (χ4v) is 6.31. The molecule has 6 rings (SSSR count). The summed E-state index contributed by atoms with van der Waals surface area (Å²) in [6.07, 6.45) is 12.3. The van der Waals surface area contributed by atoms with Crippen LogP contribution < -0.4 is 5.32 Å². The molecule has 1 atom stereocenters. The third kappa shape index (κ3) is 1.42. The Balaban J connectivity index is 1.57. The van der Waals surface area contributed by atoms with Crippen LogP contribution in [0, 0.1) is 23.2 Å². The zero-order valence-corrected chi connectivity index (χ0v) is 11.5. The molecule has 3 heteroatoms. The van der Waals surface area contributed by atoms with Gasteiger partial charge in [-0.25, -0.2) is 4.68 Å². The number of rotatable bonds is 1. The van der Waals surface area contributed by atoms with Crippen LogP contribution in [-0.4, -0.2) is 16.3 Å². The molecule has 0 amide bonds. The first-order valence-corrected chi connectivity index (χ1v) is 8.10. The number of hydrogen-bond donors (Lipinski definition) is 1. The second-order valence-electron chi connectivity index (χ2n) is 7.67. The predicted molar refractivity (Wildman–Crippen MR) is 75.0 cm³/mol. The molecular weight excluding hydrogens is 234 g/mol. The molecule has 3 nitrogen and oxygen atoms in total. The Kier molecular flexibility index (Phi) is 2.01. The molecule has 1 unspecified atom stereocenters. The Hall–Kier alpha value is -0.990. The summed E-state index contributed by atoms with van der Waals surface area (Å²) in [5.41, 5.74) is 0.595. The van der Waals surface area contributed by atoms with Crippen LogP contribution in [0.5, 0.6) is 0 Å². The van der Waals surface area contributed by atoms with Crippen LogP contribution >= 0.6 is 0 Å². The fourth-order valence-electron chi connectivity index (χ4n) is 6.31. The molecule has 0 aromatic carbocycles. The Morgan fingerprint density at radius 3 is 2.47 bits per heavy atom. The van der Waals surface area contributed by atoms with E-state index in [0.29, 0.717) is 11.5 Å². The molecular formula is C16H23N3. The van der Waals surface area contributed by atoms with Crippen LogP contribution in [0.2, 0.25) is 0 Å². The van der Waals surface area contributed by atoms with Gasteiger partial charge in [-0.05, 0) is 68.1 Å². The van der Waals surface area contributed by atoms with Gasteiger partial charge in [0.25, 0.3) is 0 Å². The van der Waals surface area contributed by atoms with Gasteiger partial charge in [-0.1, -0.05) is 0 Å². The number of hydrogen-bond acceptors (Lipinski definition) is 2. The van der Waals surface area contributed by atoms with Crippen LogP contribution in [0.4, 0.5) is 5.82 Å². The van der Waals surface area contributed by atoms with E-state index in [4.69, 9.17) is 0 Å². The summed E-state index contributed by atoms with van der Waals surface area (Å²) in [4.78, 5) is 0. The zero-order valence-electron chi connectivity index (χ0n) is 11.5. The molecule has 1 N–H and O–H groups in total. The molecule has 102 valence electrons. The van der Waals surface area contributed by atoms with Crippen LogP contribution in [0.3, 0.4) is 0 Å². The van der Waals surface area contributed by atoms with Gasteiger partial charge in [0.05, 0.1) is 12.2 Å². The molecule has 0 spiro atoms. The third-order valence-corrected chi connectivity index (χ3v) is 6.48. The van der Waals surface area contributed by atoms with E-state index in [9.17, 15) is 0 Å². The topological polar surface area (TPSA) is 29.9 Å². The average molecular weight is 257 g/mol. The lowest BCUT2D eigenvalue weighted by molar-refractivity contribution is -0.0868. The molecule has 0 radical (unpaired) electrons. The smallest absolute Gasteiger partial charge is 0.124 e. The van der Waals surface area contributed by atoms with E-state index < -0.39 is 0 Å². The molecule has 0 saturated heterocycles. The third-order valence-electron chi connectivity index (χ3n) is 6.48. The van der Waals surface area contributed by atoms with Crippen molar-refractivity contribution in [2.75, 3.05) is 11.9 Å². The van der Waals surface area contributed by atoms with Crippen molar-refractivity contribution in [3.05, 3.63) is 12.3 Å². The van der Waals surface area contributed by atoms with Crippen LogP contribution in [0.1, 0.15) is 51.0 Å². The molecule has 1 aromatic heterocycles. The van der Waals surface area contributed by atoms with Crippen molar-refractivity contribution in [2.45, 2.75) is 51.0 Å². The first-order valence-electron chi connectivity index (χ1n) is 8.10. The SMILES string of the molecule is c1cc2n(n1)C(C13CC4CC(CC(C4)C1)C3)CCN2. The van der Waals surface area contributed by atoms with Gasteiger partial charge in [-0.2, -0.15) is 5.10 Å². The highest BCUT2D eigenvalue weighted by Crippen LogP contribution is 2.64.